The second kappa shape index (κ2) is 5.50. The largest absolute Gasteiger partial charge is 0.417 e. The van der Waals surface area contributed by atoms with E-state index in [-0.39, 0.29) is 18.8 Å². The van der Waals surface area contributed by atoms with Crippen LogP contribution in [0.3, 0.4) is 0 Å². The molecule has 1 aliphatic rings. The van der Waals surface area contributed by atoms with Crippen LogP contribution in [0.1, 0.15) is 12.5 Å². The van der Waals surface area contributed by atoms with Crippen LogP contribution >= 0.6 is 0 Å². The SMILES string of the molecule is CCS(=O)(=O)C1CN(S(=O)(=O)c2ccccc2C(F)(F)F)C1. The van der Waals surface area contributed by atoms with E-state index in [1.165, 1.54) is 13.0 Å². The second-order valence-corrected chi connectivity index (χ2v) is 9.37. The molecule has 0 N–H and O–H groups in total. The number of hydrogen-bond acceptors (Lipinski definition) is 4. The van der Waals surface area contributed by atoms with Gasteiger partial charge in [-0.25, -0.2) is 16.8 Å². The number of alkyl halides is 3. The van der Waals surface area contributed by atoms with Crippen LogP contribution in [-0.4, -0.2) is 45.2 Å². The molecule has 0 atom stereocenters. The Labute approximate surface area is 126 Å². The van der Waals surface area contributed by atoms with Crippen molar-refractivity contribution in [1.29, 1.82) is 0 Å². The highest BCUT2D eigenvalue weighted by atomic mass is 32.2. The van der Waals surface area contributed by atoms with Crippen molar-refractivity contribution in [1.82, 2.24) is 4.31 Å². The summed E-state index contributed by atoms with van der Waals surface area (Å²) in [7, 11) is -7.77. The maximum Gasteiger partial charge on any atom is 0.417 e. The van der Waals surface area contributed by atoms with Gasteiger partial charge in [0.05, 0.1) is 15.7 Å². The Hall–Kier alpha value is -1.13. The Morgan fingerprint density at radius 3 is 2.18 bits per heavy atom. The molecule has 0 unspecified atom stereocenters. The molecule has 2 rings (SSSR count). The molecule has 1 saturated heterocycles. The van der Waals surface area contributed by atoms with Gasteiger partial charge >= 0.3 is 6.18 Å². The maximum absolute atomic E-state index is 12.9. The number of benzene rings is 1. The van der Waals surface area contributed by atoms with Crippen LogP contribution in [-0.2, 0) is 26.0 Å². The second-order valence-electron chi connectivity index (χ2n) is 4.89. The van der Waals surface area contributed by atoms with Gasteiger partial charge in [-0.05, 0) is 12.1 Å². The van der Waals surface area contributed by atoms with Crippen molar-refractivity contribution in [2.75, 3.05) is 18.8 Å². The minimum absolute atomic E-state index is 0.134. The fraction of sp³-hybridized carbons (Fsp3) is 0.500. The molecule has 1 heterocycles. The van der Waals surface area contributed by atoms with E-state index >= 15 is 0 Å². The van der Waals surface area contributed by atoms with Crippen molar-refractivity contribution in [2.24, 2.45) is 0 Å². The first-order chi connectivity index (χ1) is 10.00. The normalized spacial score (nSPS) is 18.2. The predicted molar refractivity (Wildman–Crippen MR) is 73.5 cm³/mol. The summed E-state index contributed by atoms with van der Waals surface area (Å²) >= 11 is 0. The first kappa shape index (κ1) is 17.2. The topological polar surface area (TPSA) is 71.5 Å². The van der Waals surface area contributed by atoms with Crippen molar-refractivity contribution in [3.8, 4) is 0 Å². The summed E-state index contributed by atoms with van der Waals surface area (Å²) < 4.78 is 87.3. The maximum atomic E-state index is 12.9. The van der Waals surface area contributed by atoms with E-state index in [9.17, 15) is 30.0 Å². The molecule has 0 saturated carbocycles. The summed E-state index contributed by atoms with van der Waals surface area (Å²) in [6.07, 6.45) is -4.80. The molecule has 0 spiro atoms. The van der Waals surface area contributed by atoms with Gasteiger partial charge in [-0.1, -0.05) is 19.1 Å². The summed E-state index contributed by atoms with van der Waals surface area (Å²) in [5, 5.41) is -0.856. The average molecular weight is 357 g/mol. The Bertz CT molecular complexity index is 766. The predicted octanol–water partition coefficient (Wildman–Crippen LogP) is 1.51. The quantitative estimate of drug-likeness (QED) is 0.819. The van der Waals surface area contributed by atoms with E-state index in [2.05, 4.69) is 0 Å². The lowest BCUT2D eigenvalue weighted by molar-refractivity contribution is -0.139. The van der Waals surface area contributed by atoms with Crippen LogP contribution in [0.5, 0.6) is 0 Å². The average Bonchev–Trinajstić information content (AvgIpc) is 2.35. The Morgan fingerprint density at radius 2 is 1.68 bits per heavy atom. The van der Waals surface area contributed by atoms with Crippen LogP contribution in [0.4, 0.5) is 13.2 Å². The van der Waals surface area contributed by atoms with Gasteiger partial charge in [0.25, 0.3) is 0 Å². The van der Waals surface area contributed by atoms with E-state index in [0.717, 1.165) is 16.4 Å². The molecule has 1 aromatic carbocycles. The van der Waals surface area contributed by atoms with Gasteiger partial charge in [-0.15, -0.1) is 0 Å². The first-order valence-electron chi connectivity index (χ1n) is 6.38. The van der Waals surface area contributed by atoms with Crippen molar-refractivity contribution < 1.29 is 30.0 Å². The third kappa shape index (κ3) is 2.99. The molecule has 0 bridgehead atoms. The highest BCUT2D eigenvalue weighted by Crippen LogP contribution is 2.36. The summed E-state index contributed by atoms with van der Waals surface area (Å²) in [6, 6.07) is 3.86. The fourth-order valence-electron chi connectivity index (χ4n) is 2.12. The first-order valence-corrected chi connectivity index (χ1v) is 9.53. The highest BCUT2D eigenvalue weighted by Gasteiger charge is 2.45. The van der Waals surface area contributed by atoms with E-state index in [1.807, 2.05) is 0 Å². The van der Waals surface area contributed by atoms with Gasteiger partial charge in [0.1, 0.15) is 0 Å². The molecule has 5 nitrogen and oxygen atoms in total. The molecule has 0 radical (unpaired) electrons. The molecule has 1 aliphatic heterocycles. The van der Waals surface area contributed by atoms with E-state index in [0.29, 0.717) is 6.07 Å². The monoisotopic (exact) mass is 357 g/mol. The van der Waals surface area contributed by atoms with Crippen LogP contribution in [0.15, 0.2) is 29.2 Å². The zero-order valence-electron chi connectivity index (χ0n) is 11.5. The molecule has 1 aromatic rings. The smallest absolute Gasteiger partial charge is 0.228 e. The van der Waals surface area contributed by atoms with Crippen molar-refractivity contribution in [3.05, 3.63) is 29.8 Å². The highest BCUT2D eigenvalue weighted by molar-refractivity contribution is 7.92. The standard InChI is InChI=1S/C12H14F3NO4S2/c1-2-21(17,18)9-7-16(8-9)22(19,20)11-6-4-3-5-10(11)12(13,14)15/h3-6,9H,2,7-8H2,1H3. The molecule has 22 heavy (non-hydrogen) atoms. The van der Waals surface area contributed by atoms with Gasteiger partial charge in [-0.3, -0.25) is 0 Å². The van der Waals surface area contributed by atoms with Crippen LogP contribution in [0.2, 0.25) is 0 Å². The lowest BCUT2D eigenvalue weighted by atomic mass is 10.2. The molecule has 0 aliphatic carbocycles. The minimum Gasteiger partial charge on any atom is -0.228 e. The van der Waals surface area contributed by atoms with E-state index in [4.69, 9.17) is 0 Å². The molecule has 1 fully saturated rings. The van der Waals surface area contributed by atoms with Gasteiger partial charge in [0.2, 0.25) is 10.0 Å². The zero-order chi connectivity index (χ0) is 16.8. The summed E-state index contributed by atoms with van der Waals surface area (Å²) in [5.41, 5.74) is -1.25. The number of sulfonamides is 1. The minimum atomic E-state index is -4.80. The lowest BCUT2D eigenvalue weighted by Gasteiger charge is -2.37. The summed E-state index contributed by atoms with van der Waals surface area (Å²) in [4.78, 5) is -0.852. The molecular formula is C12H14F3NO4S2. The van der Waals surface area contributed by atoms with Gasteiger partial charge in [-0.2, -0.15) is 17.5 Å². The number of sulfone groups is 1. The Kier molecular flexibility index (Phi) is 4.31. The summed E-state index contributed by atoms with van der Waals surface area (Å²) in [6.45, 7) is 0.806. The third-order valence-electron chi connectivity index (χ3n) is 3.54. The van der Waals surface area contributed by atoms with Gasteiger partial charge in [0, 0.05) is 18.8 Å². The van der Waals surface area contributed by atoms with Crippen LogP contribution in [0.25, 0.3) is 0 Å². The van der Waals surface area contributed by atoms with Gasteiger partial charge < -0.3 is 0 Å². The number of nitrogens with zero attached hydrogens (tertiary/aromatic N) is 1. The van der Waals surface area contributed by atoms with Crippen molar-refractivity contribution in [2.45, 2.75) is 23.2 Å². The number of halogens is 3. The lowest BCUT2D eigenvalue weighted by Crippen LogP contribution is -2.57. The van der Waals surface area contributed by atoms with Crippen molar-refractivity contribution in [3.63, 3.8) is 0 Å². The molecule has 124 valence electrons. The van der Waals surface area contributed by atoms with Crippen LogP contribution < -0.4 is 0 Å². The molecule has 0 aromatic heterocycles. The number of rotatable bonds is 4. The summed E-state index contributed by atoms with van der Waals surface area (Å²) in [5.74, 6) is -0.134. The Balaban J connectivity index is 2.32. The molecular weight excluding hydrogens is 343 g/mol. The fourth-order valence-corrected chi connectivity index (χ4v) is 5.34. The third-order valence-corrected chi connectivity index (χ3v) is 7.54. The zero-order valence-corrected chi connectivity index (χ0v) is 13.2. The van der Waals surface area contributed by atoms with Crippen LogP contribution in [0, 0.1) is 0 Å². The number of hydrogen-bond donors (Lipinski definition) is 0. The van der Waals surface area contributed by atoms with Gasteiger partial charge in [0.15, 0.2) is 9.84 Å². The van der Waals surface area contributed by atoms with E-state index < -0.39 is 41.7 Å². The van der Waals surface area contributed by atoms with E-state index in [1.54, 1.807) is 0 Å². The molecule has 0 amide bonds. The molecule has 10 heteroatoms. The Morgan fingerprint density at radius 1 is 1.14 bits per heavy atom. The van der Waals surface area contributed by atoms with Crippen molar-refractivity contribution >= 4 is 19.9 Å².